The zero-order chi connectivity index (χ0) is 16.4. The average Bonchev–Trinajstić information content (AvgIpc) is 2.58. The molecule has 1 aromatic carbocycles. The fourth-order valence-corrected chi connectivity index (χ4v) is 4.47. The van der Waals surface area contributed by atoms with Crippen LogP contribution in [0.3, 0.4) is 0 Å². The van der Waals surface area contributed by atoms with Crippen LogP contribution < -0.4 is 5.01 Å². The highest BCUT2D eigenvalue weighted by Gasteiger charge is 2.39. The number of rotatable bonds is 3. The molecule has 2 aliphatic rings. The number of fused-ring (bicyclic) bond motifs is 1. The second-order valence-corrected chi connectivity index (χ2v) is 7.69. The second kappa shape index (κ2) is 6.31. The molecular formula is C16H21N3O3S. The molecule has 1 saturated heterocycles. The number of sulfone groups is 1. The summed E-state index contributed by atoms with van der Waals surface area (Å²) in [6.45, 7) is 3.77. The van der Waals surface area contributed by atoms with Gasteiger partial charge in [0.25, 0.3) is 5.91 Å². The normalized spacial score (nSPS) is 20.0. The Morgan fingerprint density at radius 2 is 1.87 bits per heavy atom. The fourth-order valence-electron chi connectivity index (χ4n) is 2.99. The minimum absolute atomic E-state index is 0.170. The van der Waals surface area contributed by atoms with Crippen LogP contribution in [0.15, 0.2) is 34.3 Å². The SMILES string of the molecule is CCCN1N=C(C(=O)N2CCCCC2)S(=O)(=O)c2ccccc21. The van der Waals surface area contributed by atoms with Crippen molar-refractivity contribution in [3.63, 3.8) is 0 Å². The van der Waals surface area contributed by atoms with Crippen molar-refractivity contribution in [2.24, 2.45) is 5.10 Å². The van der Waals surface area contributed by atoms with Gasteiger partial charge < -0.3 is 4.90 Å². The summed E-state index contributed by atoms with van der Waals surface area (Å²) in [6.07, 6.45) is 3.71. The molecular weight excluding hydrogens is 314 g/mol. The van der Waals surface area contributed by atoms with E-state index >= 15 is 0 Å². The summed E-state index contributed by atoms with van der Waals surface area (Å²) in [5.41, 5.74) is 0.546. The molecule has 2 aliphatic heterocycles. The van der Waals surface area contributed by atoms with Crippen molar-refractivity contribution < 1.29 is 13.2 Å². The first-order valence-corrected chi connectivity index (χ1v) is 9.53. The van der Waals surface area contributed by atoms with Crippen LogP contribution in [-0.2, 0) is 14.6 Å². The van der Waals surface area contributed by atoms with Gasteiger partial charge in [-0.25, -0.2) is 8.42 Å². The van der Waals surface area contributed by atoms with E-state index in [0.29, 0.717) is 25.3 Å². The van der Waals surface area contributed by atoms with E-state index < -0.39 is 15.7 Å². The number of piperidine rings is 1. The van der Waals surface area contributed by atoms with Gasteiger partial charge in [0.05, 0.1) is 10.6 Å². The lowest BCUT2D eigenvalue weighted by atomic mass is 10.1. The summed E-state index contributed by atoms with van der Waals surface area (Å²) in [5.74, 6) is -0.472. The van der Waals surface area contributed by atoms with E-state index in [2.05, 4.69) is 5.10 Å². The Morgan fingerprint density at radius 3 is 2.57 bits per heavy atom. The first kappa shape index (κ1) is 16.0. The average molecular weight is 335 g/mol. The second-order valence-electron chi connectivity index (χ2n) is 5.85. The maximum atomic E-state index is 12.8. The number of anilines is 1. The summed E-state index contributed by atoms with van der Waals surface area (Å²) in [4.78, 5) is 14.5. The highest BCUT2D eigenvalue weighted by molar-refractivity contribution is 8.08. The fraction of sp³-hybridized carbons (Fsp3) is 0.500. The molecule has 0 spiro atoms. The van der Waals surface area contributed by atoms with E-state index in [0.717, 1.165) is 25.7 Å². The minimum Gasteiger partial charge on any atom is -0.337 e. The molecule has 1 amide bonds. The van der Waals surface area contributed by atoms with Crippen molar-refractivity contribution in [1.29, 1.82) is 0 Å². The van der Waals surface area contributed by atoms with Gasteiger partial charge in [0.1, 0.15) is 0 Å². The van der Waals surface area contributed by atoms with E-state index in [1.165, 1.54) is 0 Å². The molecule has 0 atom stereocenters. The molecule has 124 valence electrons. The third kappa shape index (κ3) is 2.85. The van der Waals surface area contributed by atoms with Crippen LogP contribution in [-0.4, -0.2) is 43.9 Å². The Labute approximate surface area is 136 Å². The van der Waals surface area contributed by atoms with Gasteiger partial charge in [-0.3, -0.25) is 9.80 Å². The summed E-state index contributed by atoms with van der Waals surface area (Å²) in [5, 5.41) is 5.50. The Kier molecular flexibility index (Phi) is 4.39. The summed E-state index contributed by atoms with van der Waals surface area (Å²) < 4.78 is 25.7. The van der Waals surface area contributed by atoms with Crippen molar-refractivity contribution >= 4 is 26.5 Å². The van der Waals surface area contributed by atoms with E-state index in [1.807, 2.05) is 6.92 Å². The number of carbonyl (C=O) groups excluding carboxylic acids is 1. The first-order valence-electron chi connectivity index (χ1n) is 8.05. The maximum Gasteiger partial charge on any atom is 0.286 e. The quantitative estimate of drug-likeness (QED) is 0.847. The van der Waals surface area contributed by atoms with E-state index in [-0.39, 0.29) is 9.94 Å². The molecule has 0 aromatic heterocycles. The standard InChI is InChI=1S/C16H21N3O3S/c1-2-10-19-13-8-4-5-9-14(13)23(21,22)15(17-19)16(20)18-11-6-3-7-12-18/h4-5,8-9H,2-3,6-7,10-12H2,1H3. The Balaban J connectivity index is 2.03. The van der Waals surface area contributed by atoms with Crippen LogP contribution >= 0.6 is 0 Å². The lowest BCUT2D eigenvalue weighted by Gasteiger charge is -2.31. The number of hydrogen-bond donors (Lipinski definition) is 0. The zero-order valence-electron chi connectivity index (χ0n) is 13.2. The van der Waals surface area contributed by atoms with Crippen LogP contribution in [0.25, 0.3) is 0 Å². The number of hydrazone groups is 1. The van der Waals surface area contributed by atoms with Gasteiger partial charge in [-0.05, 0) is 37.8 Å². The zero-order valence-corrected chi connectivity index (χ0v) is 14.1. The minimum atomic E-state index is -3.87. The molecule has 7 heteroatoms. The highest BCUT2D eigenvalue weighted by atomic mass is 32.2. The summed E-state index contributed by atoms with van der Waals surface area (Å²) in [6, 6.07) is 6.73. The number of carbonyl (C=O) groups is 1. The molecule has 0 bridgehead atoms. The molecule has 3 rings (SSSR count). The maximum absolute atomic E-state index is 12.8. The summed E-state index contributed by atoms with van der Waals surface area (Å²) >= 11 is 0. The molecule has 0 N–H and O–H groups in total. The van der Waals surface area contributed by atoms with E-state index in [1.54, 1.807) is 34.2 Å². The Hall–Kier alpha value is -1.89. The molecule has 0 radical (unpaired) electrons. The van der Waals surface area contributed by atoms with Crippen LogP contribution in [0.2, 0.25) is 0 Å². The van der Waals surface area contributed by atoms with Gasteiger partial charge in [0.15, 0.2) is 0 Å². The predicted molar refractivity (Wildman–Crippen MR) is 89.1 cm³/mol. The van der Waals surface area contributed by atoms with E-state index in [9.17, 15) is 13.2 Å². The van der Waals surface area contributed by atoms with Gasteiger partial charge in [0, 0.05) is 19.6 Å². The topological polar surface area (TPSA) is 70.1 Å². The molecule has 1 aromatic rings. The highest BCUT2D eigenvalue weighted by Crippen LogP contribution is 2.32. The molecule has 2 heterocycles. The van der Waals surface area contributed by atoms with Crippen LogP contribution in [0.5, 0.6) is 0 Å². The molecule has 0 saturated carbocycles. The third-order valence-corrected chi connectivity index (χ3v) is 5.85. The third-order valence-electron chi connectivity index (χ3n) is 4.16. The first-order chi connectivity index (χ1) is 11.1. The molecule has 0 aliphatic carbocycles. The number of likely N-dealkylation sites (tertiary alicyclic amines) is 1. The van der Waals surface area contributed by atoms with Gasteiger partial charge in [-0.2, -0.15) is 5.10 Å². The van der Waals surface area contributed by atoms with Gasteiger partial charge in [0.2, 0.25) is 14.9 Å². The van der Waals surface area contributed by atoms with Gasteiger partial charge >= 0.3 is 0 Å². The van der Waals surface area contributed by atoms with Crippen LogP contribution in [0.1, 0.15) is 32.6 Å². The van der Waals surface area contributed by atoms with Crippen LogP contribution in [0.4, 0.5) is 5.69 Å². The van der Waals surface area contributed by atoms with Crippen LogP contribution in [0, 0.1) is 0 Å². The Bertz CT molecular complexity index is 737. The van der Waals surface area contributed by atoms with Crippen molar-refractivity contribution in [3.8, 4) is 0 Å². The lowest BCUT2D eigenvalue weighted by molar-refractivity contribution is -0.124. The molecule has 1 fully saturated rings. The van der Waals surface area contributed by atoms with E-state index in [4.69, 9.17) is 0 Å². The number of para-hydroxylation sites is 1. The van der Waals surface area contributed by atoms with Crippen molar-refractivity contribution in [3.05, 3.63) is 24.3 Å². The molecule has 23 heavy (non-hydrogen) atoms. The van der Waals surface area contributed by atoms with Gasteiger partial charge in [-0.15, -0.1) is 0 Å². The number of amides is 1. The van der Waals surface area contributed by atoms with Crippen molar-refractivity contribution in [1.82, 2.24) is 4.90 Å². The number of benzene rings is 1. The monoisotopic (exact) mass is 335 g/mol. The predicted octanol–water partition coefficient (Wildman–Crippen LogP) is 2.02. The summed E-state index contributed by atoms with van der Waals surface area (Å²) in [7, 11) is -3.87. The largest absolute Gasteiger partial charge is 0.337 e. The van der Waals surface area contributed by atoms with Crippen molar-refractivity contribution in [2.75, 3.05) is 24.6 Å². The Morgan fingerprint density at radius 1 is 1.17 bits per heavy atom. The molecule has 0 unspecified atom stereocenters. The number of nitrogens with zero attached hydrogens (tertiary/aromatic N) is 3. The van der Waals surface area contributed by atoms with Gasteiger partial charge in [-0.1, -0.05) is 19.1 Å². The lowest BCUT2D eigenvalue weighted by Crippen LogP contribution is -2.45. The van der Waals surface area contributed by atoms with Crippen molar-refractivity contribution in [2.45, 2.75) is 37.5 Å². The smallest absolute Gasteiger partial charge is 0.286 e. The number of hydrogen-bond acceptors (Lipinski definition) is 5. The molecule has 6 nitrogen and oxygen atoms in total.